The van der Waals surface area contributed by atoms with Gasteiger partial charge in [0, 0.05) is 18.7 Å². The van der Waals surface area contributed by atoms with Crippen LogP contribution in [0.2, 0.25) is 0 Å². The Morgan fingerprint density at radius 2 is 1.90 bits per heavy atom. The van der Waals surface area contributed by atoms with E-state index in [2.05, 4.69) is 5.32 Å². The van der Waals surface area contributed by atoms with E-state index in [4.69, 9.17) is 4.74 Å². The Labute approximate surface area is 123 Å². The van der Waals surface area contributed by atoms with E-state index in [1.807, 2.05) is 5.32 Å². The number of carbonyl (C=O) groups is 4. The van der Waals surface area contributed by atoms with Gasteiger partial charge in [0.05, 0.1) is 4.91 Å². The SMILES string of the molecule is CC(=O)Nc1ccc(OC(=O)/C=C2\SC(=O)NC2=O)cc1. The van der Waals surface area contributed by atoms with Gasteiger partial charge in [-0.2, -0.15) is 0 Å². The van der Waals surface area contributed by atoms with Crippen molar-refractivity contribution in [3.8, 4) is 5.75 Å². The van der Waals surface area contributed by atoms with Gasteiger partial charge < -0.3 is 10.1 Å². The minimum Gasteiger partial charge on any atom is -0.423 e. The molecule has 1 fully saturated rings. The summed E-state index contributed by atoms with van der Waals surface area (Å²) in [5, 5.41) is 4.07. The largest absolute Gasteiger partial charge is 0.423 e. The van der Waals surface area contributed by atoms with Crippen LogP contribution in [0.5, 0.6) is 5.75 Å². The average molecular weight is 306 g/mol. The van der Waals surface area contributed by atoms with Crippen LogP contribution in [-0.4, -0.2) is 23.0 Å². The fourth-order valence-corrected chi connectivity index (χ4v) is 2.13. The topological polar surface area (TPSA) is 102 Å². The first kappa shape index (κ1) is 14.8. The molecule has 21 heavy (non-hydrogen) atoms. The fourth-order valence-electron chi connectivity index (χ4n) is 1.48. The monoisotopic (exact) mass is 306 g/mol. The zero-order valence-electron chi connectivity index (χ0n) is 10.8. The van der Waals surface area contributed by atoms with Crippen molar-refractivity contribution >= 4 is 40.5 Å². The number of ether oxygens (including phenoxy) is 1. The third-order valence-corrected chi connectivity index (χ3v) is 3.09. The Morgan fingerprint density at radius 3 is 2.43 bits per heavy atom. The van der Waals surface area contributed by atoms with E-state index in [0.29, 0.717) is 17.4 Å². The summed E-state index contributed by atoms with van der Waals surface area (Å²) in [6.45, 7) is 1.38. The van der Waals surface area contributed by atoms with E-state index in [0.717, 1.165) is 6.08 Å². The van der Waals surface area contributed by atoms with Crippen LogP contribution in [0.3, 0.4) is 0 Å². The first-order chi connectivity index (χ1) is 9.94. The Balaban J connectivity index is 2.00. The highest BCUT2D eigenvalue weighted by Gasteiger charge is 2.26. The van der Waals surface area contributed by atoms with E-state index < -0.39 is 17.1 Å². The number of benzene rings is 1. The number of hydrogen-bond donors (Lipinski definition) is 2. The highest BCUT2D eigenvalue weighted by Crippen LogP contribution is 2.23. The van der Waals surface area contributed by atoms with Gasteiger partial charge >= 0.3 is 5.97 Å². The summed E-state index contributed by atoms with van der Waals surface area (Å²) in [6.07, 6.45) is 0.951. The number of carbonyl (C=O) groups excluding carboxylic acids is 4. The molecule has 108 valence electrons. The lowest BCUT2D eigenvalue weighted by molar-refractivity contribution is -0.129. The van der Waals surface area contributed by atoms with Crippen LogP contribution < -0.4 is 15.4 Å². The number of amides is 3. The first-order valence-electron chi connectivity index (χ1n) is 5.78. The van der Waals surface area contributed by atoms with E-state index in [1.165, 1.54) is 19.1 Å². The van der Waals surface area contributed by atoms with Crippen LogP contribution in [0, 0.1) is 0 Å². The maximum atomic E-state index is 11.6. The molecule has 2 N–H and O–H groups in total. The van der Waals surface area contributed by atoms with Gasteiger partial charge in [0.25, 0.3) is 11.1 Å². The standard InChI is InChI=1S/C13H10N2O5S/c1-7(16)14-8-2-4-9(5-3-8)20-11(17)6-10-12(18)15-13(19)21-10/h2-6H,1H3,(H,14,16)(H,15,18,19)/b10-6-. The van der Waals surface area contributed by atoms with Crippen molar-refractivity contribution in [2.45, 2.75) is 6.92 Å². The van der Waals surface area contributed by atoms with Crippen LogP contribution in [0.25, 0.3) is 0 Å². The number of imide groups is 1. The number of hydrogen-bond acceptors (Lipinski definition) is 6. The molecule has 7 nitrogen and oxygen atoms in total. The number of esters is 1. The zero-order valence-corrected chi connectivity index (χ0v) is 11.7. The highest BCUT2D eigenvalue weighted by atomic mass is 32.2. The Bertz CT molecular complexity index is 651. The third kappa shape index (κ3) is 4.18. The second-order valence-corrected chi connectivity index (χ2v) is 4.99. The Kier molecular flexibility index (Phi) is 4.39. The molecule has 0 atom stereocenters. The van der Waals surface area contributed by atoms with E-state index in [1.54, 1.807) is 12.1 Å². The normalized spacial score (nSPS) is 15.8. The summed E-state index contributed by atoms with van der Waals surface area (Å²) < 4.78 is 4.99. The minimum atomic E-state index is -0.769. The van der Waals surface area contributed by atoms with Crippen LogP contribution in [0.1, 0.15) is 6.92 Å². The van der Waals surface area contributed by atoms with Crippen molar-refractivity contribution in [2.75, 3.05) is 5.32 Å². The molecule has 1 aliphatic rings. The van der Waals surface area contributed by atoms with E-state index in [9.17, 15) is 19.2 Å². The maximum absolute atomic E-state index is 11.6. The Hall–Kier alpha value is -2.61. The molecular formula is C13H10N2O5S. The molecule has 1 saturated heterocycles. The smallest absolute Gasteiger partial charge is 0.337 e. The molecule has 1 heterocycles. The summed E-state index contributed by atoms with van der Waals surface area (Å²) in [5.74, 6) is -1.35. The van der Waals surface area contributed by atoms with Crippen molar-refractivity contribution in [3.63, 3.8) is 0 Å². The zero-order chi connectivity index (χ0) is 15.4. The van der Waals surface area contributed by atoms with Crippen LogP contribution >= 0.6 is 11.8 Å². The van der Waals surface area contributed by atoms with Crippen molar-refractivity contribution in [1.29, 1.82) is 0 Å². The molecule has 0 bridgehead atoms. The van der Waals surface area contributed by atoms with E-state index in [-0.39, 0.29) is 16.6 Å². The van der Waals surface area contributed by atoms with Gasteiger partial charge in [-0.1, -0.05) is 0 Å². The molecule has 1 aliphatic heterocycles. The van der Waals surface area contributed by atoms with Crippen molar-refractivity contribution in [1.82, 2.24) is 5.32 Å². The van der Waals surface area contributed by atoms with E-state index >= 15 is 0 Å². The number of thioether (sulfide) groups is 1. The highest BCUT2D eigenvalue weighted by molar-refractivity contribution is 8.18. The maximum Gasteiger partial charge on any atom is 0.337 e. The summed E-state index contributed by atoms with van der Waals surface area (Å²) in [6, 6.07) is 6.12. The molecule has 1 aromatic carbocycles. The van der Waals surface area contributed by atoms with Gasteiger partial charge in [0.2, 0.25) is 5.91 Å². The molecular weight excluding hydrogens is 296 g/mol. The lowest BCUT2D eigenvalue weighted by Gasteiger charge is -2.04. The van der Waals surface area contributed by atoms with Gasteiger partial charge in [0.1, 0.15) is 5.75 Å². The van der Waals surface area contributed by atoms with Gasteiger partial charge in [-0.25, -0.2) is 4.79 Å². The van der Waals surface area contributed by atoms with Crippen LogP contribution in [0.4, 0.5) is 10.5 Å². The molecule has 8 heteroatoms. The first-order valence-corrected chi connectivity index (χ1v) is 6.60. The molecule has 1 aromatic rings. The molecule has 2 rings (SSSR count). The summed E-state index contributed by atoms with van der Waals surface area (Å²) >= 11 is 0.635. The summed E-state index contributed by atoms with van der Waals surface area (Å²) in [4.78, 5) is 44.6. The van der Waals surface area contributed by atoms with Crippen molar-refractivity contribution in [2.24, 2.45) is 0 Å². The van der Waals surface area contributed by atoms with Gasteiger partial charge in [0.15, 0.2) is 0 Å². The number of anilines is 1. The molecule has 3 amide bonds. The number of nitrogens with one attached hydrogen (secondary N) is 2. The third-order valence-electron chi connectivity index (χ3n) is 2.28. The quantitative estimate of drug-likeness (QED) is 0.497. The van der Waals surface area contributed by atoms with Crippen molar-refractivity contribution in [3.05, 3.63) is 35.2 Å². The average Bonchev–Trinajstić information content (AvgIpc) is 2.69. The minimum absolute atomic E-state index is 0.0140. The molecule has 0 radical (unpaired) electrons. The number of rotatable bonds is 3. The van der Waals surface area contributed by atoms with Gasteiger partial charge in [-0.15, -0.1) is 0 Å². The summed E-state index contributed by atoms with van der Waals surface area (Å²) in [7, 11) is 0. The van der Waals surface area contributed by atoms with Crippen LogP contribution in [-0.2, 0) is 14.4 Å². The summed E-state index contributed by atoms with van der Waals surface area (Å²) in [5.41, 5.74) is 0.567. The fraction of sp³-hybridized carbons (Fsp3) is 0.0769. The Morgan fingerprint density at radius 1 is 1.24 bits per heavy atom. The predicted molar refractivity (Wildman–Crippen MR) is 75.6 cm³/mol. The molecule has 0 aliphatic carbocycles. The molecule has 0 unspecified atom stereocenters. The molecule has 0 saturated carbocycles. The van der Waals surface area contributed by atoms with Crippen molar-refractivity contribution < 1.29 is 23.9 Å². The van der Waals surface area contributed by atoms with Gasteiger partial charge in [-0.05, 0) is 36.0 Å². The molecule has 0 aromatic heterocycles. The second-order valence-electron chi connectivity index (χ2n) is 3.98. The van der Waals surface area contributed by atoms with Crippen LogP contribution in [0.15, 0.2) is 35.2 Å². The lowest BCUT2D eigenvalue weighted by Crippen LogP contribution is -2.18. The molecule has 0 spiro atoms. The van der Waals surface area contributed by atoms with Gasteiger partial charge in [-0.3, -0.25) is 19.7 Å². The lowest BCUT2D eigenvalue weighted by atomic mass is 10.3. The second kappa shape index (κ2) is 6.23. The predicted octanol–water partition coefficient (Wildman–Crippen LogP) is 1.42.